The van der Waals surface area contributed by atoms with Crippen LogP contribution < -0.4 is 14.2 Å². The number of hydrogen-bond donors (Lipinski definition) is 1. The Bertz CT molecular complexity index is 882. The van der Waals surface area contributed by atoms with E-state index in [1.807, 2.05) is 7.05 Å². The van der Waals surface area contributed by atoms with Gasteiger partial charge in [-0.05, 0) is 36.5 Å². The Morgan fingerprint density at radius 1 is 1.14 bits per heavy atom. The summed E-state index contributed by atoms with van der Waals surface area (Å²) in [5, 5.41) is 0. The number of aryl methyl sites for hydroxylation is 1. The molecule has 1 saturated heterocycles. The molecule has 8 nitrogen and oxygen atoms in total. The SMILES string of the molecule is COc1cc(OC)cc(C(NS(=O)(=O)N2CCC(C)CC2)c2nccn2C)c1. The van der Waals surface area contributed by atoms with Crippen molar-refractivity contribution in [2.45, 2.75) is 25.8 Å². The van der Waals surface area contributed by atoms with Gasteiger partial charge in [0.2, 0.25) is 0 Å². The molecule has 0 bridgehead atoms. The van der Waals surface area contributed by atoms with E-state index >= 15 is 0 Å². The van der Waals surface area contributed by atoms with Crippen LogP contribution in [0.1, 0.15) is 37.2 Å². The first-order chi connectivity index (χ1) is 13.3. The maximum atomic E-state index is 13.1. The second-order valence-electron chi connectivity index (χ2n) is 7.18. The molecule has 154 valence electrons. The summed E-state index contributed by atoms with van der Waals surface area (Å²) in [7, 11) is 1.28. The van der Waals surface area contributed by atoms with Crippen LogP contribution in [0.3, 0.4) is 0 Å². The number of nitrogens with one attached hydrogen (secondary N) is 1. The molecular formula is C19H28N4O4S. The Morgan fingerprint density at radius 3 is 2.25 bits per heavy atom. The molecule has 9 heteroatoms. The van der Waals surface area contributed by atoms with Gasteiger partial charge in [-0.3, -0.25) is 0 Å². The van der Waals surface area contributed by atoms with Crippen molar-refractivity contribution in [1.82, 2.24) is 18.6 Å². The Balaban J connectivity index is 1.98. The van der Waals surface area contributed by atoms with Crippen molar-refractivity contribution in [2.75, 3.05) is 27.3 Å². The monoisotopic (exact) mass is 408 g/mol. The van der Waals surface area contributed by atoms with Crippen molar-refractivity contribution in [3.05, 3.63) is 42.0 Å². The summed E-state index contributed by atoms with van der Waals surface area (Å²) in [6.07, 6.45) is 5.16. The van der Waals surface area contributed by atoms with Crippen molar-refractivity contribution in [2.24, 2.45) is 13.0 Å². The highest BCUT2D eigenvalue weighted by Crippen LogP contribution is 2.30. The largest absolute Gasteiger partial charge is 0.497 e. The molecule has 1 atom stereocenters. The van der Waals surface area contributed by atoms with E-state index in [0.717, 1.165) is 12.8 Å². The van der Waals surface area contributed by atoms with E-state index in [1.165, 1.54) is 4.31 Å². The fraction of sp³-hybridized carbons (Fsp3) is 0.526. The number of ether oxygens (including phenoxy) is 2. The Kier molecular flexibility index (Phi) is 6.26. The van der Waals surface area contributed by atoms with Crippen molar-refractivity contribution in [3.63, 3.8) is 0 Å². The second kappa shape index (κ2) is 8.50. The van der Waals surface area contributed by atoms with Crippen LogP contribution in [0.2, 0.25) is 0 Å². The number of imidazole rings is 1. The average Bonchev–Trinajstić information content (AvgIpc) is 3.11. The van der Waals surface area contributed by atoms with Gasteiger partial charge in [0.05, 0.1) is 14.2 Å². The predicted octanol–water partition coefficient (Wildman–Crippen LogP) is 2.09. The first kappa shape index (κ1) is 20.6. The third kappa shape index (κ3) is 4.48. The summed E-state index contributed by atoms with van der Waals surface area (Å²) in [6.45, 7) is 3.19. The first-order valence-electron chi connectivity index (χ1n) is 9.31. The number of rotatable bonds is 7. The molecule has 0 saturated carbocycles. The van der Waals surface area contributed by atoms with Gasteiger partial charge in [0.15, 0.2) is 0 Å². The fourth-order valence-electron chi connectivity index (χ4n) is 3.37. The zero-order valence-corrected chi connectivity index (χ0v) is 17.6. The molecule has 1 N–H and O–H groups in total. The molecule has 1 fully saturated rings. The molecule has 2 aromatic rings. The lowest BCUT2D eigenvalue weighted by atomic mass is 10.0. The molecule has 1 aromatic carbocycles. The van der Waals surface area contributed by atoms with Gasteiger partial charge < -0.3 is 14.0 Å². The van der Waals surface area contributed by atoms with Crippen LogP contribution in [-0.4, -0.2) is 49.6 Å². The molecular weight excluding hydrogens is 380 g/mol. The maximum Gasteiger partial charge on any atom is 0.280 e. The first-order valence-corrected chi connectivity index (χ1v) is 10.8. The minimum Gasteiger partial charge on any atom is -0.497 e. The van der Waals surface area contributed by atoms with E-state index in [1.54, 1.807) is 49.4 Å². The average molecular weight is 409 g/mol. The van der Waals surface area contributed by atoms with Gasteiger partial charge in [0.25, 0.3) is 10.2 Å². The lowest BCUT2D eigenvalue weighted by Crippen LogP contribution is -2.46. The minimum absolute atomic E-state index is 0.519. The number of methoxy groups -OCH3 is 2. The summed E-state index contributed by atoms with van der Waals surface area (Å²) in [4.78, 5) is 4.38. The molecule has 2 heterocycles. The number of piperidine rings is 1. The van der Waals surface area contributed by atoms with Gasteiger partial charge in [-0.15, -0.1) is 0 Å². The summed E-state index contributed by atoms with van der Waals surface area (Å²) in [6, 6.07) is 4.67. The molecule has 3 rings (SSSR count). The lowest BCUT2D eigenvalue weighted by Gasteiger charge is -2.31. The number of benzene rings is 1. The Morgan fingerprint density at radius 2 is 1.75 bits per heavy atom. The smallest absolute Gasteiger partial charge is 0.280 e. The van der Waals surface area contributed by atoms with Gasteiger partial charge in [-0.1, -0.05) is 6.92 Å². The van der Waals surface area contributed by atoms with Gasteiger partial charge in [0, 0.05) is 38.6 Å². The quantitative estimate of drug-likeness (QED) is 0.758. The number of hydrogen-bond acceptors (Lipinski definition) is 5. The topological polar surface area (TPSA) is 85.7 Å². The number of nitrogens with zero attached hydrogens (tertiary/aromatic N) is 3. The molecule has 0 radical (unpaired) electrons. The maximum absolute atomic E-state index is 13.1. The Labute approximate surface area is 166 Å². The molecule has 0 aliphatic carbocycles. The van der Waals surface area contributed by atoms with E-state index in [-0.39, 0.29) is 0 Å². The molecule has 0 spiro atoms. The second-order valence-corrected chi connectivity index (χ2v) is 8.88. The van der Waals surface area contributed by atoms with Crippen LogP contribution in [0.4, 0.5) is 0 Å². The van der Waals surface area contributed by atoms with E-state index in [9.17, 15) is 8.42 Å². The fourth-order valence-corrected chi connectivity index (χ4v) is 4.75. The van der Waals surface area contributed by atoms with Crippen molar-refractivity contribution in [3.8, 4) is 11.5 Å². The van der Waals surface area contributed by atoms with E-state index < -0.39 is 16.3 Å². The van der Waals surface area contributed by atoms with Crippen LogP contribution >= 0.6 is 0 Å². The van der Waals surface area contributed by atoms with E-state index in [2.05, 4.69) is 16.6 Å². The summed E-state index contributed by atoms with van der Waals surface area (Å²) < 4.78 is 43.1. The van der Waals surface area contributed by atoms with Crippen LogP contribution in [0, 0.1) is 5.92 Å². The predicted molar refractivity (Wildman–Crippen MR) is 107 cm³/mol. The van der Waals surface area contributed by atoms with Crippen LogP contribution in [-0.2, 0) is 17.3 Å². The van der Waals surface area contributed by atoms with E-state index in [0.29, 0.717) is 41.9 Å². The van der Waals surface area contributed by atoms with Crippen molar-refractivity contribution < 1.29 is 17.9 Å². The third-order valence-corrected chi connectivity index (χ3v) is 6.75. The minimum atomic E-state index is -3.69. The lowest BCUT2D eigenvalue weighted by molar-refractivity contribution is 0.284. The van der Waals surface area contributed by atoms with Crippen molar-refractivity contribution in [1.29, 1.82) is 0 Å². The van der Waals surface area contributed by atoms with Crippen LogP contribution in [0.5, 0.6) is 11.5 Å². The third-order valence-electron chi connectivity index (χ3n) is 5.17. The van der Waals surface area contributed by atoms with Crippen molar-refractivity contribution >= 4 is 10.2 Å². The van der Waals surface area contributed by atoms with E-state index in [4.69, 9.17) is 9.47 Å². The normalized spacial score (nSPS) is 17.4. The highest BCUT2D eigenvalue weighted by atomic mass is 32.2. The molecule has 28 heavy (non-hydrogen) atoms. The standard InChI is InChI=1S/C19H28N4O4S/c1-14-5-8-23(9-6-14)28(24,25)21-18(19-20-7-10-22(19)2)15-11-16(26-3)13-17(12-15)27-4/h7,10-14,18,21H,5-6,8-9H2,1-4H3. The highest BCUT2D eigenvalue weighted by molar-refractivity contribution is 7.87. The molecule has 1 aliphatic heterocycles. The number of aromatic nitrogens is 2. The van der Waals surface area contributed by atoms with Gasteiger partial charge in [0.1, 0.15) is 23.4 Å². The summed E-state index contributed by atoms with van der Waals surface area (Å²) in [5.74, 6) is 2.29. The molecule has 0 amide bonds. The zero-order valence-electron chi connectivity index (χ0n) is 16.8. The van der Waals surface area contributed by atoms with Gasteiger partial charge >= 0.3 is 0 Å². The zero-order chi connectivity index (χ0) is 20.3. The molecule has 1 unspecified atom stereocenters. The summed E-state index contributed by atoms with van der Waals surface area (Å²) >= 11 is 0. The Hall–Kier alpha value is -2.10. The van der Waals surface area contributed by atoms with Crippen LogP contribution in [0.25, 0.3) is 0 Å². The summed E-state index contributed by atoms with van der Waals surface area (Å²) in [5.41, 5.74) is 0.694. The highest BCUT2D eigenvalue weighted by Gasteiger charge is 2.31. The van der Waals surface area contributed by atoms with Gasteiger partial charge in [-0.2, -0.15) is 17.4 Å². The van der Waals surface area contributed by atoms with Gasteiger partial charge in [-0.25, -0.2) is 4.98 Å². The molecule has 1 aromatic heterocycles. The molecule has 1 aliphatic rings. The van der Waals surface area contributed by atoms with Crippen LogP contribution in [0.15, 0.2) is 30.6 Å².